The molecule has 0 aliphatic carbocycles. The molecule has 0 spiro atoms. The highest BCUT2D eigenvalue weighted by Gasteiger charge is 2.05. The second-order valence-corrected chi connectivity index (χ2v) is 7.47. The third-order valence-corrected chi connectivity index (χ3v) is 4.60. The van der Waals surface area contributed by atoms with Crippen LogP contribution in [0.4, 0.5) is 5.69 Å². The standard InChI is InChI=1S/C24H35NO2/c1-5-6-7-8-17-26-23-15-11-22(12-16-23)25-18-20(4)27-24-13-9-21(10-14-24)19(2)3/h9-16,19-20,25H,5-8,17-18H2,1-4H3. The van der Waals surface area contributed by atoms with Gasteiger partial charge in [-0.1, -0.05) is 52.2 Å². The Balaban J connectivity index is 1.70. The summed E-state index contributed by atoms with van der Waals surface area (Å²) >= 11 is 0. The van der Waals surface area contributed by atoms with E-state index in [4.69, 9.17) is 9.47 Å². The van der Waals surface area contributed by atoms with Gasteiger partial charge in [-0.2, -0.15) is 0 Å². The van der Waals surface area contributed by atoms with E-state index in [2.05, 4.69) is 69.4 Å². The molecule has 1 N–H and O–H groups in total. The summed E-state index contributed by atoms with van der Waals surface area (Å²) in [7, 11) is 0. The first-order valence-electron chi connectivity index (χ1n) is 10.3. The summed E-state index contributed by atoms with van der Waals surface area (Å²) in [6.45, 7) is 10.3. The van der Waals surface area contributed by atoms with Gasteiger partial charge in [0, 0.05) is 5.69 Å². The van der Waals surface area contributed by atoms with Gasteiger partial charge >= 0.3 is 0 Å². The normalized spacial score (nSPS) is 12.0. The Morgan fingerprint density at radius 2 is 1.48 bits per heavy atom. The molecule has 3 heteroatoms. The van der Waals surface area contributed by atoms with Crippen LogP contribution in [-0.4, -0.2) is 19.3 Å². The number of unbranched alkanes of at least 4 members (excludes halogenated alkanes) is 3. The number of rotatable bonds is 12. The molecule has 0 fully saturated rings. The molecule has 3 nitrogen and oxygen atoms in total. The predicted molar refractivity (Wildman–Crippen MR) is 115 cm³/mol. The highest BCUT2D eigenvalue weighted by molar-refractivity contribution is 5.46. The summed E-state index contributed by atoms with van der Waals surface area (Å²) in [5.41, 5.74) is 2.42. The molecule has 0 saturated carbocycles. The number of benzene rings is 2. The zero-order valence-corrected chi connectivity index (χ0v) is 17.3. The van der Waals surface area contributed by atoms with Gasteiger partial charge in [0.15, 0.2) is 0 Å². The maximum absolute atomic E-state index is 5.99. The number of nitrogens with one attached hydrogen (secondary N) is 1. The number of ether oxygens (including phenoxy) is 2. The van der Waals surface area contributed by atoms with Gasteiger partial charge in [0.05, 0.1) is 13.2 Å². The first-order chi connectivity index (χ1) is 13.1. The Bertz CT molecular complexity index is 634. The minimum atomic E-state index is 0.0874. The van der Waals surface area contributed by atoms with Crippen LogP contribution in [0.5, 0.6) is 11.5 Å². The van der Waals surface area contributed by atoms with Crippen LogP contribution in [0, 0.1) is 0 Å². The van der Waals surface area contributed by atoms with E-state index < -0.39 is 0 Å². The zero-order chi connectivity index (χ0) is 19.5. The first-order valence-corrected chi connectivity index (χ1v) is 10.3. The van der Waals surface area contributed by atoms with Gasteiger partial charge in [-0.15, -0.1) is 0 Å². The zero-order valence-electron chi connectivity index (χ0n) is 17.3. The molecule has 0 aliphatic rings. The van der Waals surface area contributed by atoms with E-state index in [1.807, 2.05) is 12.1 Å². The van der Waals surface area contributed by atoms with Gasteiger partial charge in [-0.05, 0) is 61.2 Å². The molecule has 0 heterocycles. The minimum Gasteiger partial charge on any atom is -0.494 e. The van der Waals surface area contributed by atoms with Crippen LogP contribution in [0.2, 0.25) is 0 Å². The van der Waals surface area contributed by atoms with Crippen molar-refractivity contribution < 1.29 is 9.47 Å². The Morgan fingerprint density at radius 1 is 0.815 bits per heavy atom. The second kappa shape index (κ2) is 11.5. The molecule has 2 aromatic rings. The molecular formula is C24H35NO2. The average Bonchev–Trinajstić information content (AvgIpc) is 2.67. The molecule has 0 aliphatic heterocycles. The molecule has 1 unspecified atom stereocenters. The molecular weight excluding hydrogens is 334 g/mol. The van der Waals surface area contributed by atoms with Crippen molar-refractivity contribution in [1.82, 2.24) is 0 Å². The Hall–Kier alpha value is -2.16. The fourth-order valence-electron chi connectivity index (χ4n) is 2.85. The maximum Gasteiger partial charge on any atom is 0.119 e. The Labute approximate surface area is 165 Å². The van der Waals surface area contributed by atoms with E-state index in [0.29, 0.717) is 5.92 Å². The molecule has 2 aromatic carbocycles. The first kappa shape index (κ1) is 21.1. The van der Waals surface area contributed by atoms with E-state index in [-0.39, 0.29) is 6.10 Å². The lowest BCUT2D eigenvalue weighted by atomic mass is 10.0. The summed E-state index contributed by atoms with van der Waals surface area (Å²) in [4.78, 5) is 0. The van der Waals surface area contributed by atoms with Crippen LogP contribution >= 0.6 is 0 Å². The second-order valence-electron chi connectivity index (χ2n) is 7.47. The molecule has 2 rings (SSSR count). The van der Waals surface area contributed by atoms with Crippen molar-refractivity contribution in [2.75, 3.05) is 18.5 Å². The smallest absolute Gasteiger partial charge is 0.119 e. The third-order valence-electron chi connectivity index (χ3n) is 4.60. The maximum atomic E-state index is 5.99. The molecule has 0 bridgehead atoms. The number of hydrogen-bond acceptors (Lipinski definition) is 3. The van der Waals surface area contributed by atoms with E-state index >= 15 is 0 Å². The molecule has 1 atom stereocenters. The summed E-state index contributed by atoms with van der Waals surface area (Å²) in [5, 5.41) is 3.42. The molecule has 0 aromatic heterocycles. The van der Waals surface area contributed by atoms with Crippen molar-refractivity contribution >= 4 is 5.69 Å². The Morgan fingerprint density at radius 3 is 2.11 bits per heavy atom. The van der Waals surface area contributed by atoms with Crippen LogP contribution in [-0.2, 0) is 0 Å². The van der Waals surface area contributed by atoms with Crippen LogP contribution in [0.1, 0.15) is 64.9 Å². The molecule has 27 heavy (non-hydrogen) atoms. The minimum absolute atomic E-state index is 0.0874. The highest BCUT2D eigenvalue weighted by Crippen LogP contribution is 2.20. The van der Waals surface area contributed by atoms with Crippen molar-refractivity contribution in [1.29, 1.82) is 0 Å². The van der Waals surface area contributed by atoms with Crippen molar-refractivity contribution in [3.63, 3.8) is 0 Å². The molecule has 0 radical (unpaired) electrons. The van der Waals surface area contributed by atoms with Crippen molar-refractivity contribution in [2.24, 2.45) is 0 Å². The fraction of sp³-hybridized carbons (Fsp3) is 0.500. The van der Waals surface area contributed by atoms with E-state index in [0.717, 1.165) is 36.8 Å². The van der Waals surface area contributed by atoms with E-state index in [1.54, 1.807) is 0 Å². The quantitative estimate of drug-likeness (QED) is 0.425. The summed E-state index contributed by atoms with van der Waals surface area (Å²) in [5.74, 6) is 2.40. The topological polar surface area (TPSA) is 30.5 Å². The Kier molecular flexibility index (Phi) is 9.03. The van der Waals surface area contributed by atoms with Gasteiger partial charge in [-0.25, -0.2) is 0 Å². The van der Waals surface area contributed by atoms with Crippen LogP contribution < -0.4 is 14.8 Å². The van der Waals surface area contributed by atoms with Gasteiger partial charge < -0.3 is 14.8 Å². The third kappa shape index (κ3) is 7.94. The monoisotopic (exact) mass is 369 g/mol. The van der Waals surface area contributed by atoms with Crippen molar-refractivity contribution in [3.8, 4) is 11.5 Å². The van der Waals surface area contributed by atoms with E-state index in [1.165, 1.54) is 24.8 Å². The summed E-state index contributed by atoms with van der Waals surface area (Å²) in [6, 6.07) is 16.6. The number of anilines is 1. The average molecular weight is 370 g/mol. The van der Waals surface area contributed by atoms with Gasteiger partial charge in [-0.3, -0.25) is 0 Å². The lowest BCUT2D eigenvalue weighted by Gasteiger charge is -2.17. The van der Waals surface area contributed by atoms with Crippen molar-refractivity contribution in [3.05, 3.63) is 54.1 Å². The molecule has 0 amide bonds. The van der Waals surface area contributed by atoms with Crippen molar-refractivity contribution in [2.45, 2.75) is 65.4 Å². The number of hydrogen-bond donors (Lipinski definition) is 1. The highest BCUT2D eigenvalue weighted by atomic mass is 16.5. The van der Waals surface area contributed by atoms with Crippen LogP contribution in [0.3, 0.4) is 0 Å². The van der Waals surface area contributed by atoms with Gasteiger partial charge in [0.2, 0.25) is 0 Å². The van der Waals surface area contributed by atoms with E-state index in [9.17, 15) is 0 Å². The predicted octanol–water partition coefficient (Wildman–Crippen LogP) is 6.65. The summed E-state index contributed by atoms with van der Waals surface area (Å²) < 4.78 is 11.8. The van der Waals surface area contributed by atoms with Crippen LogP contribution in [0.25, 0.3) is 0 Å². The van der Waals surface area contributed by atoms with Crippen LogP contribution in [0.15, 0.2) is 48.5 Å². The lowest BCUT2D eigenvalue weighted by Crippen LogP contribution is -2.22. The lowest BCUT2D eigenvalue weighted by molar-refractivity contribution is 0.234. The van der Waals surface area contributed by atoms with Gasteiger partial charge in [0.25, 0.3) is 0 Å². The molecule has 0 saturated heterocycles. The largest absolute Gasteiger partial charge is 0.494 e. The fourth-order valence-corrected chi connectivity index (χ4v) is 2.85. The summed E-state index contributed by atoms with van der Waals surface area (Å²) in [6.07, 6.45) is 5.00. The molecule has 148 valence electrons. The SMILES string of the molecule is CCCCCCOc1ccc(NCC(C)Oc2ccc(C(C)C)cc2)cc1. The van der Waals surface area contributed by atoms with Gasteiger partial charge in [0.1, 0.15) is 17.6 Å².